The van der Waals surface area contributed by atoms with Gasteiger partial charge in [0.15, 0.2) is 0 Å². The molecule has 0 radical (unpaired) electrons. The molecule has 2 aromatic rings. The molecular formula is C28H35FN4O4. The Bertz CT molecular complexity index is 1150. The van der Waals surface area contributed by atoms with E-state index in [2.05, 4.69) is 10.2 Å². The van der Waals surface area contributed by atoms with Gasteiger partial charge in [0.1, 0.15) is 17.4 Å². The fourth-order valence-electron chi connectivity index (χ4n) is 5.32. The Morgan fingerprint density at radius 3 is 2.43 bits per heavy atom. The molecule has 0 unspecified atom stereocenters. The zero-order valence-electron chi connectivity index (χ0n) is 21.9. The lowest BCUT2D eigenvalue weighted by Crippen LogP contribution is -2.61. The molecule has 8 nitrogen and oxygen atoms in total. The molecular weight excluding hydrogens is 475 g/mol. The van der Waals surface area contributed by atoms with Gasteiger partial charge in [0.05, 0.1) is 12.8 Å². The van der Waals surface area contributed by atoms with Crippen LogP contribution < -0.4 is 10.2 Å². The average molecular weight is 511 g/mol. The van der Waals surface area contributed by atoms with Gasteiger partial charge >= 0.3 is 0 Å². The predicted octanol–water partition coefficient (Wildman–Crippen LogP) is 2.82. The monoisotopic (exact) mass is 510 g/mol. The topological polar surface area (TPSA) is 82.2 Å². The second-order valence-electron chi connectivity index (χ2n) is 9.86. The molecule has 4 rings (SSSR count). The third-order valence-corrected chi connectivity index (χ3v) is 7.61. The summed E-state index contributed by atoms with van der Waals surface area (Å²) in [6.07, 6.45) is 0.926. The fraction of sp³-hybridized carbons (Fsp3) is 0.464. The third kappa shape index (κ3) is 5.18. The molecule has 2 atom stereocenters. The summed E-state index contributed by atoms with van der Waals surface area (Å²) in [5.41, 5.74) is 1.12. The maximum Gasteiger partial charge on any atom is 0.252 e. The zero-order chi connectivity index (χ0) is 26.7. The molecule has 3 amide bonds. The Kier molecular flexibility index (Phi) is 7.82. The van der Waals surface area contributed by atoms with Crippen molar-refractivity contribution in [3.05, 3.63) is 65.5 Å². The highest BCUT2D eigenvalue weighted by Gasteiger charge is 2.53. The summed E-state index contributed by atoms with van der Waals surface area (Å²) >= 11 is 0. The van der Waals surface area contributed by atoms with Crippen LogP contribution in [-0.4, -0.2) is 79.1 Å². The third-order valence-electron chi connectivity index (χ3n) is 7.61. The number of amides is 3. The van der Waals surface area contributed by atoms with E-state index in [0.29, 0.717) is 44.6 Å². The van der Waals surface area contributed by atoms with Crippen LogP contribution in [0.1, 0.15) is 42.6 Å². The number of methoxy groups -OCH3 is 1. The van der Waals surface area contributed by atoms with Crippen LogP contribution in [0.5, 0.6) is 0 Å². The molecule has 9 heteroatoms. The van der Waals surface area contributed by atoms with Crippen molar-refractivity contribution in [2.75, 3.05) is 38.8 Å². The number of nitrogens with zero attached hydrogens (tertiary/aromatic N) is 3. The van der Waals surface area contributed by atoms with E-state index in [1.807, 2.05) is 37.3 Å². The summed E-state index contributed by atoms with van der Waals surface area (Å²) in [5, 5.41) is 2.76. The smallest absolute Gasteiger partial charge is 0.252 e. The SMILES string of the molecule is CCc1cc(F)cc(C(=O)N[C@@H](C(=O)N2CCC3(CC2)C(=O)N(C)CN3c2ccccc2)[C@H](C)OC)c1. The van der Waals surface area contributed by atoms with E-state index in [9.17, 15) is 18.8 Å². The van der Waals surface area contributed by atoms with E-state index in [4.69, 9.17) is 4.74 Å². The van der Waals surface area contributed by atoms with Gasteiger partial charge in [-0.3, -0.25) is 14.4 Å². The molecule has 0 aromatic heterocycles. The first-order valence-corrected chi connectivity index (χ1v) is 12.7. The van der Waals surface area contributed by atoms with Crippen LogP contribution in [0.3, 0.4) is 0 Å². The number of carbonyl (C=O) groups is 3. The summed E-state index contributed by atoms with van der Waals surface area (Å²) in [5.74, 6) is -1.26. The van der Waals surface area contributed by atoms with Crippen molar-refractivity contribution in [2.24, 2.45) is 0 Å². The van der Waals surface area contributed by atoms with Crippen molar-refractivity contribution in [1.82, 2.24) is 15.1 Å². The van der Waals surface area contributed by atoms with Gasteiger partial charge in [0.25, 0.3) is 5.91 Å². The summed E-state index contributed by atoms with van der Waals surface area (Å²) < 4.78 is 19.5. The van der Waals surface area contributed by atoms with E-state index in [1.165, 1.54) is 19.2 Å². The number of anilines is 1. The highest BCUT2D eigenvalue weighted by Crippen LogP contribution is 2.39. The van der Waals surface area contributed by atoms with Crippen molar-refractivity contribution in [3.8, 4) is 0 Å². The van der Waals surface area contributed by atoms with Crippen molar-refractivity contribution in [1.29, 1.82) is 0 Å². The van der Waals surface area contributed by atoms with Crippen LogP contribution in [0.4, 0.5) is 10.1 Å². The minimum absolute atomic E-state index is 0.0522. The Morgan fingerprint density at radius 2 is 1.81 bits per heavy atom. The molecule has 2 saturated heterocycles. The first-order chi connectivity index (χ1) is 17.7. The van der Waals surface area contributed by atoms with Crippen LogP contribution in [0.15, 0.2) is 48.5 Å². The number of para-hydroxylation sites is 1. The number of hydrogen-bond donors (Lipinski definition) is 1. The van der Waals surface area contributed by atoms with E-state index < -0.39 is 29.4 Å². The molecule has 37 heavy (non-hydrogen) atoms. The summed E-state index contributed by atoms with van der Waals surface area (Å²) in [4.78, 5) is 45.4. The lowest BCUT2D eigenvalue weighted by Gasteiger charge is -2.44. The predicted molar refractivity (Wildman–Crippen MR) is 139 cm³/mol. The minimum atomic E-state index is -0.952. The standard InChI is InChI=1S/C28H35FN4O4/c1-5-20-15-21(17-22(29)16-20)25(34)30-24(19(2)37-4)26(35)32-13-11-28(12-14-32)27(36)31(3)18-33(28)23-9-7-6-8-10-23/h6-10,15-17,19,24H,5,11-14,18H2,1-4H3,(H,30,34)/t19-,24+/m0/s1. The van der Waals surface area contributed by atoms with Gasteiger partial charge in [0, 0.05) is 38.5 Å². The van der Waals surface area contributed by atoms with E-state index in [1.54, 1.807) is 29.8 Å². The summed E-state index contributed by atoms with van der Waals surface area (Å²) in [6, 6.07) is 13.1. The van der Waals surface area contributed by atoms with Crippen molar-refractivity contribution >= 4 is 23.4 Å². The number of piperidine rings is 1. The van der Waals surface area contributed by atoms with Gasteiger partial charge in [-0.15, -0.1) is 0 Å². The second-order valence-corrected chi connectivity index (χ2v) is 9.86. The highest BCUT2D eigenvalue weighted by atomic mass is 19.1. The lowest BCUT2D eigenvalue weighted by molar-refractivity contribution is -0.141. The Hall–Kier alpha value is -3.46. The lowest BCUT2D eigenvalue weighted by atomic mass is 9.85. The van der Waals surface area contributed by atoms with Crippen LogP contribution in [0.25, 0.3) is 0 Å². The number of likely N-dealkylation sites (N-methyl/N-ethyl adjacent to an activating group) is 1. The van der Waals surface area contributed by atoms with Gasteiger partial charge in [0.2, 0.25) is 11.8 Å². The van der Waals surface area contributed by atoms with E-state index in [0.717, 1.165) is 5.69 Å². The maximum atomic E-state index is 14.0. The second kappa shape index (κ2) is 10.9. The number of aryl methyl sites for hydroxylation is 1. The number of halogens is 1. The van der Waals surface area contributed by atoms with E-state index in [-0.39, 0.29) is 17.4 Å². The minimum Gasteiger partial charge on any atom is -0.379 e. The molecule has 0 saturated carbocycles. The molecule has 198 valence electrons. The number of likely N-dealkylation sites (tertiary alicyclic amines) is 1. The van der Waals surface area contributed by atoms with Crippen LogP contribution in [0.2, 0.25) is 0 Å². The van der Waals surface area contributed by atoms with Crippen LogP contribution in [-0.2, 0) is 20.7 Å². The fourth-order valence-corrected chi connectivity index (χ4v) is 5.32. The van der Waals surface area contributed by atoms with Crippen LogP contribution >= 0.6 is 0 Å². The van der Waals surface area contributed by atoms with Crippen molar-refractivity contribution in [2.45, 2.75) is 50.8 Å². The first kappa shape index (κ1) is 26.6. The van der Waals surface area contributed by atoms with Gasteiger partial charge in [-0.2, -0.15) is 0 Å². The number of nitrogens with one attached hydrogen (secondary N) is 1. The largest absolute Gasteiger partial charge is 0.379 e. The molecule has 1 spiro atoms. The molecule has 2 aromatic carbocycles. The summed E-state index contributed by atoms with van der Waals surface area (Å²) in [6.45, 7) is 4.81. The molecule has 1 N–H and O–H groups in total. The Balaban J connectivity index is 1.50. The maximum absolute atomic E-state index is 14.0. The van der Waals surface area contributed by atoms with Gasteiger partial charge in [-0.05, 0) is 62.1 Å². The molecule has 2 aliphatic rings. The van der Waals surface area contributed by atoms with Crippen molar-refractivity contribution < 1.29 is 23.5 Å². The first-order valence-electron chi connectivity index (χ1n) is 12.7. The summed E-state index contributed by atoms with van der Waals surface area (Å²) in [7, 11) is 3.27. The average Bonchev–Trinajstić information content (AvgIpc) is 3.16. The van der Waals surface area contributed by atoms with Crippen LogP contribution in [0, 0.1) is 5.82 Å². The Morgan fingerprint density at radius 1 is 1.14 bits per heavy atom. The molecule has 2 fully saturated rings. The molecule has 2 aliphatic heterocycles. The number of hydrogen-bond acceptors (Lipinski definition) is 5. The van der Waals surface area contributed by atoms with Gasteiger partial charge in [-0.1, -0.05) is 25.1 Å². The molecule has 0 aliphatic carbocycles. The van der Waals surface area contributed by atoms with E-state index >= 15 is 0 Å². The number of rotatable bonds is 7. The molecule has 0 bridgehead atoms. The highest BCUT2D eigenvalue weighted by molar-refractivity contribution is 5.98. The number of ether oxygens (including phenoxy) is 1. The van der Waals surface area contributed by atoms with Gasteiger partial charge < -0.3 is 24.8 Å². The molecule has 2 heterocycles. The number of benzene rings is 2. The zero-order valence-corrected chi connectivity index (χ0v) is 21.9. The van der Waals surface area contributed by atoms with Crippen molar-refractivity contribution in [3.63, 3.8) is 0 Å². The van der Waals surface area contributed by atoms with Gasteiger partial charge in [-0.25, -0.2) is 4.39 Å². The Labute approximate surface area is 217 Å². The number of carbonyl (C=O) groups excluding carboxylic acids is 3. The normalized spacial score (nSPS) is 18.7. The quantitative estimate of drug-likeness (QED) is 0.620.